The number of halogens is 1. The number of amides is 1. The van der Waals surface area contributed by atoms with Gasteiger partial charge in [-0.2, -0.15) is 5.10 Å². The third kappa shape index (κ3) is 4.72. The molecule has 0 saturated heterocycles. The summed E-state index contributed by atoms with van der Waals surface area (Å²) in [5.41, 5.74) is 4.00. The van der Waals surface area contributed by atoms with Crippen molar-refractivity contribution in [2.75, 3.05) is 21.3 Å². The van der Waals surface area contributed by atoms with Crippen molar-refractivity contribution < 1.29 is 23.4 Å². The number of hydrogen-bond donors (Lipinski definition) is 1. The molecule has 150 valence electrons. The first-order valence-electron chi connectivity index (χ1n) is 8.55. The number of hydrogen-bond acceptors (Lipinski definition) is 6. The maximum absolute atomic E-state index is 13.1. The minimum Gasteiger partial charge on any atom is -0.493 e. The van der Waals surface area contributed by atoms with Crippen LogP contribution in [0.5, 0.6) is 17.2 Å². The van der Waals surface area contributed by atoms with Crippen LogP contribution in [0, 0.1) is 5.82 Å². The fourth-order valence-electron chi connectivity index (χ4n) is 2.63. The van der Waals surface area contributed by atoms with E-state index in [-0.39, 0.29) is 11.7 Å². The molecule has 0 spiro atoms. The minimum absolute atomic E-state index is 0.301. The Morgan fingerprint density at radius 2 is 1.66 bits per heavy atom. The molecule has 8 heteroatoms. The van der Waals surface area contributed by atoms with Gasteiger partial charge in [0.15, 0.2) is 11.5 Å². The van der Waals surface area contributed by atoms with E-state index in [1.807, 2.05) is 6.07 Å². The van der Waals surface area contributed by atoms with E-state index in [1.54, 1.807) is 30.3 Å². The van der Waals surface area contributed by atoms with E-state index >= 15 is 0 Å². The average Bonchev–Trinajstić information content (AvgIpc) is 3.23. The Morgan fingerprint density at radius 1 is 1.00 bits per heavy atom. The lowest BCUT2D eigenvalue weighted by molar-refractivity contribution is 0.0959. The van der Waals surface area contributed by atoms with Crippen LogP contribution >= 0.6 is 11.3 Å². The summed E-state index contributed by atoms with van der Waals surface area (Å²) in [4.78, 5) is 13.7. The molecule has 1 N–H and O–H groups in total. The van der Waals surface area contributed by atoms with E-state index in [0.29, 0.717) is 27.7 Å². The van der Waals surface area contributed by atoms with Crippen LogP contribution < -0.4 is 19.6 Å². The smallest absolute Gasteiger partial charge is 0.281 e. The van der Waals surface area contributed by atoms with Gasteiger partial charge in [-0.3, -0.25) is 4.79 Å². The van der Waals surface area contributed by atoms with Gasteiger partial charge in [0.1, 0.15) is 5.82 Å². The molecule has 6 nitrogen and oxygen atoms in total. The Morgan fingerprint density at radius 3 is 2.24 bits per heavy atom. The molecule has 0 atom stereocenters. The highest BCUT2D eigenvalue weighted by Crippen LogP contribution is 2.37. The van der Waals surface area contributed by atoms with Gasteiger partial charge in [-0.1, -0.05) is 12.1 Å². The molecule has 1 heterocycles. The molecule has 1 amide bonds. The second-order valence-electron chi connectivity index (χ2n) is 5.83. The topological polar surface area (TPSA) is 69.2 Å². The maximum atomic E-state index is 13.1. The quantitative estimate of drug-likeness (QED) is 0.461. The van der Waals surface area contributed by atoms with Gasteiger partial charge in [0.2, 0.25) is 5.75 Å². The lowest BCUT2D eigenvalue weighted by atomic mass is 10.2. The van der Waals surface area contributed by atoms with Crippen molar-refractivity contribution in [2.24, 2.45) is 5.10 Å². The normalized spacial score (nSPS) is 10.8. The number of nitrogens with one attached hydrogen (secondary N) is 1. The van der Waals surface area contributed by atoms with Crippen molar-refractivity contribution in [3.8, 4) is 27.7 Å². The Labute approximate surface area is 171 Å². The van der Waals surface area contributed by atoms with Gasteiger partial charge in [0.05, 0.1) is 32.4 Å². The van der Waals surface area contributed by atoms with Crippen LogP contribution in [0.25, 0.3) is 10.4 Å². The number of rotatable bonds is 7. The number of ether oxygens (including phenoxy) is 3. The third-order valence-corrected chi connectivity index (χ3v) is 5.16. The van der Waals surface area contributed by atoms with Gasteiger partial charge in [-0.05, 0) is 42.0 Å². The standard InChI is InChI=1S/C21H19FN2O4S/c1-26-16-10-13(11-17(27-2)20(16)28-3)12-23-24-21(25)19-9-8-18(29-19)14-4-6-15(22)7-5-14/h4-12H,1-3H3,(H,24,25)/b23-12-. The number of nitrogens with zero attached hydrogens (tertiary/aromatic N) is 1. The molecule has 0 aliphatic rings. The lowest BCUT2D eigenvalue weighted by Gasteiger charge is -2.12. The van der Waals surface area contributed by atoms with E-state index < -0.39 is 0 Å². The molecule has 0 aliphatic heterocycles. The van der Waals surface area contributed by atoms with E-state index in [0.717, 1.165) is 10.4 Å². The zero-order valence-corrected chi connectivity index (χ0v) is 16.9. The molecule has 0 fully saturated rings. The van der Waals surface area contributed by atoms with Crippen molar-refractivity contribution in [1.29, 1.82) is 0 Å². The summed E-state index contributed by atoms with van der Waals surface area (Å²) < 4.78 is 28.9. The highest BCUT2D eigenvalue weighted by Gasteiger charge is 2.13. The van der Waals surface area contributed by atoms with Crippen molar-refractivity contribution in [3.05, 3.63) is 64.8 Å². The first-order valence-corrected chi connectivity index (χ1v) is 9.36. The van der Waals surface area contributed by atoms with Crippen molar-refractivity contribution in [3.63, 3.8) is 0 Å². The lowest BCUT2D eigenvalue weighted by Crippen LogP contribution is -2.16. The maximum Gasteiger partial charge on any atom is 0.281 e. The Balaban J connectivity index is 1.71. The molecule has 3 aromatic rings. The molecule has 29 heavy (non-hydrogen) atoms. The predicted octanol–water partition coefficient (Wildman–Crippen LogP) is 4.34. The zero-order valence-electron chi connectivity index (χ0n) is 16.1. The Bertz CT molecular complexity index is 1010. The first kappa shape index (κ1) is 20.3. The summed E-state index contributed by atoms with van der Waals surface area (Å²) in [6.45, 7) is 0. The van der Waals surface area contributed by atoms with Crippen LogP contribution in [0.4, 0.5) is 4.39 Å². The highest BCUT2D eigenvalue weighted by molar-refractivity contribution is 7.17. The van der Waals surface area contributed by atoms with Crippen LogP contribution in [0.15, 0.2) is 53.6 Å². The Kier molecular flexibility index (Phi) is 6.46. The molecular formula is C21H19FN2O4S. The number of thiophene rings is 1. The summed E-state index contributed by atoms with van der Waals surface area (Å²) in [6, 6.07) is 13.1. The van der Waals surface area contributed by atoms with Gasteiger partial charge in [-0.25, -0.2) is 9.82 Å². The molecule has 0 saturated carbocycles. The highest BCUT2D eigenvalue weighted by atomic mass is 32.1. The van der Waals surface area contributed by atoms with Gasteiger partial charge in [0, 0.05) is 10.4 Å². The summed E-state index contributed by atoms with van der Waals surface area (Å²) in [6.07, 6.45) is 1.48. The van der Waals surface area contributed by atoms with Gasteiger partial charge >= 0.3 is 0 Å². The van der Waals surface area contributed by atoms with Crippen LogP contribution in [0.2, 0.25) is 0 Å². The number of methoxy groups -OCH3 is 3. The van der Waals surface area contributed by atoms with Crippen LogP contribution in [-0.2, 0) is 0 Å². The molecule has 0 bridgehead atoms. The monoisotopic (exact) mass is 414 g/mol. The van der Waals surface area contributed by atoms with Gasteiger partial charge in [-0.15, -0.1) is 11.3 Å². The molecule has 0 unspecified atom stereocenters. The van der Waals surface area contributed by atoms with Gasteiger partial charge < -0.3 is 14.2 Å². The molecule has 2 aromatic carbocycles. The zero-order chi connectivity index (χ0) is 20.8. The largest absolute Gasteiger partial charge is 0.493 e. The SMILES string of the molecule is COc1cc(/C=N\NC(=O)c2ccc(-c3ccc(F)cc3)s2)cc(OC)c1OC. The molecular weight excluding hydrogens is 395 g/mol. The van der Waals surface area contributed by atoms with Crippen molar-refractivity contribution in [1.82, 2.24) is 5.43 Å². The van der Waals surface area contributed by atoms with E-state index in [1.165, 1.54) is 51.0 Å². The molecule has 0 radical (unpaired) electrons. The van der Waals surface area contributed by atoms with Crippen LogP contribution in [0.1, 0.15) is 15.2 Å². The van der Waals surface area contributed by atoms with E-state index in [4.69, 9.17) is 14.2 Å². The number of hydrazone groups is 1. The minimum atomic E-state index is -0.341. The molecule has 0 aliphatic carbocycles. The number of carbonyl (C=O) groups excluding carboxylic acids is 1. The second kappa shape index (κ2) is 9.20. The predicted molar refractivity (Wildman–Crippen MR) is 111 cm³/mol. The summed E-state index contributed by atoms with van der Waals surface area (Å²) in [5.74, 6) is 0.809. The molecule has 3 rings (SSSR count). The Hall–Kier alpha value is -3.39. The fourth-order valence-corrected chi connectivity index (χ4v) is 3.53. The van der Waals surface area contributed by atoms with Crippen LogP contribution in [-0.4, -0.2) is 33.5 Å². The number of benzene rings is 2. The number of carbonyl (C=O) groups is 1. The average molecular weight is 414 g/mol. The summed E-state index contributed by atoms with van der Waals surface area (Å²) in [7, 11) is 4.57. The van der Waals surface area contributed by atoms with Gasteiger partial charge in [0.25, 0.3) is 5.91 Å². The fraction of sp³-hybridized carbons (Fsp3) is 0.143. The molecule has 1 aromatic heterocycles. The summed E-state index contributed by atoms with van der Waals surface area (Å²) in [5, 5.41) is 4.00. The van der Waals surface area contributed by atoms with Crippen molar-refractivity contribution in [2.45, 2.75) is 0 Å². The summed E-state index contributed by atoms with van der Waals surface area (Å²) >= 11 is 1.30. The van der Waals surface area contributed by atoms with Crippen molar-refractivity contribution >= 4 is 23.5 Å². The second-order valence-corrected chi connectivity index (χ2v) is 6.91. The van der Waals surface area contributed by atoms with E-state index in [2.05, 4.69) is 10.5 Å². The third-order valence-electron chi connectivity index (χ3n) is 4.03. The van der Waals surface area contributed by atoms with E-state index in [9.17, 15) is 9.18 Å². The van der Waals surface area contributed by atoms with Crippen LogP contribution in [0.3, 0.4) is 0 Å². The first-order chi connectivity index (χ1) is 14.0.